The van der Waals surface area contributed by atoms with Crippen molar-refractivity contribution in [3.63, 3.8) is 0 Å². The van der Waals surface area contributed by atoms with E-state index in [0.29, 0.717) is 17.1 Å². The smallest absolute Gasteiger partial charge is 0.272 e. The van der Waals surface area contributed by atoms with Gasteiger partial charge in [0.05, 0.1) is 0 Å². The molecule has 0 spiro atoms. The molecule has 281 valence electrons. The van der Waals surface area contributed by atoms with Gasteiger partial charge in [-0.3, -0.25) is 4.98 Å². The Morgan fingerprint density at radius 1 is 0.564 bits per heavy atom. The zero-order valence-electron chi connectivity index (χ0n) is 38.6. The van der Waals surface area contributed by atoms with Gasteiger partial charge >= 0.3 is 0 Å². The van der Waals surface area contributed by atoms with Crippen LogP contribution in [0.4, 0.5) is 0 Å². The molecule has 2 aromatic heterocycles. The first-order chi connectivity index (χ1) is 27.9. The van der Waals surface area contributed by atoms with Crippen molar-refractivity contribution in [3.05, 3.63) is 125 Å². The molecule has 9 rings (SSSR count). The fraction of sp³-hybridized carbons (Fsp3) is 0.292. The number of pyridine rings is 2. The minimum Gasteiger partial charge on any atom is -0.459 e. The van der Waals surface area contributed by atoms with Gasteiger partial charge in [-0.1, -0.05) is 81.3 Å². The Morgan fingerprint density at radius 2 is 1.13 bits per heavy atom. The van der Waals surface area contributed by atoms with Crippen LogP contribution in [0.2, 0.25) is 0 Å². The van der Waals surface area contributed by atoms with Crippen LogP contribution < -0.4 is 30.6 Å². The minimum atomic E-state index is -2.18. The van der Waals surface area contributed by atoms with Crippen molar-refractivity contribution < 1.29 is 42.5 Å². The molecule has 5 nitrogen and oxygen atoms in total. The molecule has 0 aliphatic carbocycles. The van der Waals surface area contributed by atoms with Crippen molar-refractivity contribution in [2.45, 2.75) is 92.3 Å². The number of aromatic nitrogens is 2. The Bertz CT molecular complexity index is 2510. The van der Waals surface area contributed by atoms with Crippen LogP contribution in [0.1, 0.15) is 98.4 Å². The van der Waals surface area contributed by atoms with Crippen molar-refractivity contribution in [3.8, 4) is 57.1 Å². The van der Waals surface area contributed by atoms with Crippen LogP contribution in [0, 0.1) is 25.8 Å². The van der Waals surface area contributed by atoms with Crippen molar-refractivity contribution in [1.82, 2.24) is 9.97 Å². The average Bonchev–Trinajstić information content (AvgIpc) is 3.16. The molecule has 0 saturated carbocycles. The number of hydrogen-bond donors (Lipinski definition) is 0. The molecular formula is C48H47BIrN2O3-2. The van der Waals surface area contributed by atoms with E-state index in [1.54, 1.807) is 12.1 Å². The van der Waals surface area contributed by atoms with Gasteiger partial charge in [-0.25, -0.2) is 0 Å². The predicted octanol–water partition coefficient (Wildman–Crippen LogP) is 10.4. The molecule has 0 amide bonds. The summed E-state index contributed by atoms with van der Waals surface area (Å²) in [5.74, 6) is 4.73. The van der Waals surface area contributed by atoms with E-state index in [-0.39, 0.29) is 54.2 Å². The van der Waals surface area contributed by atoms with Gasteiger partial charge in [0.15, 0.2) is 0 Å². The van der Waals surface area contributed by atoms with Crippen LogP contribution in [0.15, 0.2) is 85.1 Å². The Labute approximate surface area is 348 Å². The standard InChI is InChI=1S/C35H35BNO3.C13H12N.Ir/c1-33(2,3)20-12-10-11-19(13-20)23-18-28-31-32(37-23)40-27-17-22(35(7,8)9)16-26-30(27)36(31)29-24(38-26)14-21(34(4,5)6)15-25(29)39-28;1-10-3-6-12(7-4-10)13-8-5-11(2)9-14-13;/h10,12-18H,1-9H3;3-6,8-9H,1-2H3;/q2*-1;/i;1D3,2D3;. The molecule has 5 heterocycles. The SMILES string of the molecule is CC(C)(C)c1cc[c-]c(-c2cc3c4c(n2)Oc2cc(C(C)(C)C)cc5c2B4c2c(cc(C(C)(C)C)cc2O3)O5)c1.[2H]C([2H])([2H])c1c[c-]c(-c2ccc(C([2H])([2H])[2H])cn2)cc1.[Ir]. The summed E-state index contributed by atoms with van der Waals surface area (Å²) < 4.78 is 63.7. The third-order valence-corrected chi connectivity index (χ3v) is 10.2. The molecule has 6 aromatic rings. The first-order valence-corrected chi connectivity index (χ1v) is 18.3. The quantitative estimate of drug-likeness (QED) is 0.128. The zero-order chi connectivity index (χ0) is 43.3. The van der Waals surface area contributed by atoms with Crippen LogP contribution in [0.3, 0.4) is 0 Å². The van der Waals surface area contributed by atoms with E-state index < -0.39 is 13.7 Å². The number of hydrogen-bond acceptors (Lipinski definition) is 5. The van der Waals surface area contributed by atoms with Crippen LogP contribution >= 0.6 is 0 Å². The average molecular weight is 909 g/mol. The van der Waals surface area contributed by atoms with Crippen LogP contribution in [-0.2, 0) is 36.4 Å². The van der Waals surface area contributed by atoms with Crippen molar-refractivity contribution >= 4 is 23.1 Å². The maximum absolute atomic E-state index is 7.28. The molecule has 3 aliphatic heterocycles. The Morgan fingerprint density at radius 3 is 1.64 bits per heavy atom. The molecule has 55 heavy (non-hydrogen) atoms. The number of benzene rings is 4. The van der Waals surface area contributed by atoms with E-state index in [1.165, 1.54) is 35.5 Å². The fourth-order valence-corrected chi connectivity index (χ4v) is 7.04. The maximum Gasteiger partial charge on any atom is 0.272 e. The normalized spacial score (nSPS) is 15.3. The van der Waals surface area contributed by atoms with Crippen LogP contribution in [0.5, 0.6) is 34.6 Å². The Hall–Kier alpha value is -4.71. The second-order valence-corrected chi connectivity index (χ2v) is 17.4. The van der Waals surface area contributed by atoms with Crippen LogP contribution in [0.25, 0.3) is 22.5 Å². The molecular weight excluding hydrogens is 856 g/mol. The van der Waals surface area contributed by atoms with Gasteiger partial charge in [-0.05, 0) is 81.5 Å². The summed E-state index contributed by atoms with van der Waals surface area (Å²) in [7, 11) is 0. The number of rotatable bonds is 2. The predicted molar refractivity (Wildman–Crippen MR) is 220 cm³/mol. The van der Waals surface area contributed by atoms with Gasteiger partial charge in [0.25, 0.3) is 6.71 Å². The van der Waals surface area contributed by atoms with Gasteiger partial charge in [0.2, 0.25) is 5.88 Å². The molecule has 0 saturated heterocycles. The number of ether oxygens (including phenoxy) is 3. The van der Waals surface area contributed by atoms with Crippen molar-refractivity contribution in [1.29, 1.82) is 0 Å². The van der Waals surface area contributed by atoms with E-state index in [1.807, 2.05) is 6.07 Å². The van der Waals surface area contributed by atoms with Gasteiger partial charge in [-0.15, -0.1) is 70.8 Å². The van der Waals surface area contributed by atoms with E-state index in [0.717, 1.165) is 62.0 Å². The molecule has 4 aromatic carbocycles. The monoisotopic (exact) mass is 909 g/mol. The van der Waals surface area contributed by atoms with Gasteiger partial charge < -0.3 is 19.2 Å². The molecule has 1 radical (unpaired) electrons. The third kappa shape index (κ3) is 7.25. The Balaban J connectivity index is 0.000000226. The molecule has 0 atom stereocenters. The van der Waals surface area contributed by atoms with E-state index in [4.69, 9.17) is 27.4 Å². The molecule has 0 fully saturated rings. The topological polar surface area (TPSA) is 53.5 Å². The Kier molecular flexibility index (Phi) is 7.90. The summed E-state index contributed by atoms with van der Waals surface area (Å²) in [5.41, 5.74) is 9.78. The molecule has 0 bridgehead atoms. The summed E-state index contributed by atoms with van der Waals surface area (Å²) >= 11 is 0. The van der Waals surface area contributed by atoms with Gasteiger partial charge in [-0.2, -0.15) is 0 Å². The first kappa shape index (κ1) is 31.5. The molecule has 7 heteroatoms. The van der Waals surface area contributed by atoms with Crippen LogP contribution in [-0.4, -0.2) is 16.7 Å². The summed E-state index contributed by atoms with van der Waals surface area (Å²) in [6, 6.07) is 30.9. The summed E-state index contributed by atoms with van der Waals surface area (Å²) in [6.45, 7) is 15.6. The first-order valence-electron chi connectivity index (χ1n) is 21.3. The molecule has 3 aliphatic rings. The number of nitrogens with zero attached hydrogens (tertiary/aromatic N) is 2. The molecule has 0 unspecified atom stereocenters. The fourth-order valence-electron chi connectivity index (χ4n) is 7.04. The van der Waals surface area contributed by atoms with E-state index >= 15 is 0 Å². The van der Waals surface area contributed by atoms with E-state index in [9.17, 15) is 0 Å². The minimum absolute atomic E-state index is 0. The summed E-state index contributed by atoms with van der Waals surface area (Å²) in [5, 5.41) is 0. The maximum atomic E-state index is 7.28. The zero-order valence-corrected chi connectivity index (χ0v) is 35.0. The summed E-state index contributed by atoms with van der Waals surface area (Å²) in [6.07, 6.45) is 1.30. The summed E-state index contributed by atoms with van der Waals surface area (Å²) in [4.78, 5) is 9.17. The molecule has 0 N–H and O–H groups in total. The van der Waals surface area contributed by atoms with Crippen molar-refractivity contribution in [2.24, 2.45) is 0 Å². The number of aryl methyl sites for hydroxylation is 2. The van der Waals surface area contributed by atoms with Gasteiger partial charge in [0, 0.05) is 50.9 Å². The van der Waals surface area contributed by atoms with Crippen molar-refractivity contribution in [2.75, 3.05) is 0 Å². The van der Waals surface area contributed by atoms with Gasteiger partial charge in [0.1, 0.15) is 28.7 Å². The van der Waals surface area contributed by atoms with E-state index in [2.05, 4.69) is 122 Å². The third-order valence-electron chi connectivity index (χ3n) is 10.2. The second-order valence-electron chi connectivity index (χ2n) is 17.4. The largest absolute Gasteiger partial charge is 0.459 e. The second kappa shape index (κ2) is 13.8.